The number of carbonyl (C=O) groups excluding carboxylic acids is 1. The van der Waals surface area contributed by atoms with Crippen molar-refractivity contribution in [2.45, 2.75) is 4.90 Å². The molecule has 7 nitrogen and oxygen atoms in total. The SMILES string of the molecule is COc1ccc(-c2nc(C(=O)N3CCN(S(=O)(=O)c4cccc(F)c4)CC3)cs2)cc1. The minimum Gasteiger partial charge on any atom is -0.497 e. The predicted octanol–water partition coefficient (Wildman–Crippen LogP) is 3.10. The van der Waals surface area contributed by atoms with Gasteiger partial charge in [-0.05, 0) is 42.5 Å². The lowest BCUT2D eigenvalue weighted by molar-refractivity contribution is 0.0693. The number of nitrogens with zero attached hydrogens (tertiary/aromatic N) is 3. The Balaban J connectivity index is 1.42. The summed E-state index contributed by atoms with van der Waals surface area (Å²) in [7, 11) is -2.21. The van der Waals surface area contributed by atoms with E-state index in [0.717, 1.165) is 22.4 Å². The molecule has 10 heteroatoms. The third-order valence-electron chi connectivity index (χ3n) is 5.02. The maximum Gasteiger partial charge on any atom is 0.273 e. The molecule has 0 bridgehead atoms. The molecule has 4 rings (SSSR count). The van der Waals surface area contributed by atoms with Crippen LogP contribution in [0.2, 0.25) is 0 Å². The van der Waals surface area contributed by atoms with Crippen LogP contribution in [0.25, 0.3) is 10.6 Å². The Morgan fingerprint density at radius 3 is 2.45 bits per heavy atom. The minimum atomic E-state index is -3.80. The fourth-order valence-electron chi connectivity index (χ4n) is 3.31. The number of sulfonamides is 1. The molecule has 1 aromatic heterocycles. The lowest BCUT2D eigenvalue weighted by atomic mass is 10.2. The molecule has 1 saturated heterocycles. The number of halogens is 1. The number of amides is 1. The van der Waals surface area contributed by atoms with Crippen molar-refractivity contribution in [1.82, 2.24) is 14.2 Å². The highest BCUT2D eigenvalue weighted by Crippen LogP contribution is 2.26. The molecule has 0 radical (unpaired) electrons. The quantitative estimate of drug-likeness (QED) is 0.583. The highest BCUT2D eigenvalue weighted by Gasteiger charge is 2.31. The van der Waals surface area contributed by atoms with Crippen molar-refractivity contribution in [2.75, 3.05) is 33.3 Å². The predicted molar refractivity (Wildman–Crippen MR) is 115 cm³/mol. The Hall–Kier alpha value is -2.82. The summed E-state index contributed by atoms with van der Waals surface area (Å²) < 4.78 is 45.3. The highest BCUT2D eigenvalue weighted by molar-refractivity contribution is 7.89. The van der Waals surface area contributed by atoms with Crippen LogP contribution in [0, 0.1) is 5.82 Å². The van der Waals surface area contributed by atoms with Gasteiger partial charge >= 0.3 is 0 Å². The van der Waals surface area contributed by atoms with Gasteiger partial charge in [-0.2, -0.15) is 4.31 Å². The van der Waals surface area contributed by atoms with Crippen LogP contribution < -0.4 is 4.74 Å². The van der Waals surface area contributed by atoms with Crippen LogP contribution in [-0.4, -0.2) is 61.8 Å². The van der Waals surface area contributed by atoms with Crippen molar-refractivity contribution in [3.63, 3.8) is 0 Å². The second kappa shape index (κ2) is 8.74. The molecule has 1 aliphatic rings. The number of piperazine rings is 1. The van der Waals surface area contributed by atoms with Crippen LogP contribution >= 0.6 is 11.3 Å². The molecule has 0 unspecified atom stereocenters. The van der Waals surface area contributed by atoms with Gasteiger partial charge in [0, 0.05) is 37.1 Å². The van der Waals surface area contributed by atoms with Crippen molar-refractivity contribution < 1.29 is 22.3 Å². The van der Waals surface area contributed by atoms with Crippen LogP contribution in [0.3, 0.4) is 0 Å². The zero-order chi connectivity index (χ0) is 22.0. The van der Waals surface area contributed by atoms with Gasteiger partial charge in [0.1, 0.15) is 22.3 Å². The van der Waals surface area contributed by atoms with E-state index >= 15 is 0 Å². The molecule has 1 fully saturated rings. The summed E-state index contributed by atoms with van der Waals surface area (Å²) in [4.78, 5) is 18.8. The summed E-state index contributed by atoms with van der Waals surface area (Å²) in [5, 5.41) is 2.43. The van der Waals surface area contributed by atoms with E-state index < -0.39 is 15.8 Å². The minimum absolute atomic E-state index is 0.0871. The van der Waals surface area contributed by atoms with Gasteiger partial charge in [-0.1, -0.05) is 6.07 Å². The van der Waals surface area contributed by atoms with Gasteiger partial charge in [0.05, 0.1) is 12.0 Å². The van der Waals surface area contributed by atoms with Gasteiger partial charge < -0.3 is 9.64 Å². The van der Waals surface area contributed by atoms with Crippen LogP contribution in [0.15, 0.2) is 58.8 Å². The Labute approximate surface area is 183 Å². The summed E-state index contributed by atoms with van der Waals surface area (Å²) in [6.45, 7) is 0.756. The molecule has 0 N–H and O–H groups in total. The number of rotatable bonds is 5. The van der Waals surface area contributed by atoms with Crippen molar-refractivity contribution in [3.05, 3.63) is 65.4 Å². The number of thiazole rings is 1. The molecule has 0 saturated carbocycles. The van der Waals surface area contributed by atoms with Crippen LogP contribution in [-0.2, 0) is 10.0 Å². The number of ether oxygens (including phenoxy) is 1. The van der Waals surface area contributed by atoms with E-state index in [-0.39, 0.29) is 37.0 Å². The molecule has 3 aromatic rings. The summed E-state index contributed by atoms with van der Waals surface area (Å²) in [6, 6.07) is 12.3. The highest BCUT2D eigenvalue weighted by atomic mass is 32.2. The third kappa shape index (κ3) is 4.46. The van der Waals surface area contributed by atoms with Gasteiger partial charge in [0.2, 0.25) is 10.0 Å². The Bertz CT molecular complexity index is 1190. The first kappa shape index (κ1) is 21.4. The molecule has 1 aliphatic heterocycles. The van der Waals surface area contributed by atoms with Crippen LogP contribution in [0.4, 0.5) is 4.39 Å². The largest absolute Gasteiger partial charge is 0.497 e. The Morgan fingerprint density at radius 1 is 1.10 bits per heavy atom. The first-order valence-corrected chi connectivity index (χ1v) is 11.9. The Kier molecular flexibility index (Phi) is 6.03. The lowest BCUT2D eigenvalue weighted by Gasteiger charge is -2.33. The maximum atomic E-state index is 13.4. The van der Waals surface area contributed by atoms with Crippen molar-refractivity contribution >= 4 is 27.3 Å². The molecule has 0 spiro atoms. The van der Waals surface area contributed by atoms with Gasteiger partial charge in [-0.15, -0.1) is 11.3 Å². The summed E-state index contributed by atoms with van der Waals surface area (Å²) in [5.74, 6) is -0.104. The molecule has 162 valence electrons. The molecule has 0 aliphatic carbocycles. The summed E-state index contributed by atoms with van der Waals surface area (Å²) >= 11 is 1.37. The van der Waals surface area contributed by atoms with Crippen molar-refractivity contribution in [1.29, 1.82) is 0 Å². The van der Waals surface area contributed by atoms with E-state index in [1.165, 1.54) is 33.8 Å². The molecular formula is C21H20FN3O4S2. The van der Waals surface area contributed by atoms with Crippen LogP contribution in [0.1, 0.15) is 10.5 Å². The normalized spacial score (nSPS) is 15.1. The number of benzene rings is 2. The topological polar surface area (TPSA) is 79.8 Å². The molecule has 0 atom stereocenters. The second-order valence-electron chi connectivity index (χ2n) is 6.92. The maximum absolute atomic E-state index is 13.4. The molecule has 31 heavy (non-hydrogen) atoms. The van der Waals surface area contributed by atoms with Crippen molar-refractivity contribution in [2.24, 2.45) is 0 Å². The monoisotopic (exact) mass is 461 g/mol. The first-order chi connectivity index (χ1) is 14.9. The fourth-order valence-corrected chi connectivity index (χ4v) is 5.56. The van der Waals surface area contributed by atoms with E-state index in [2.05, 4.69) is 4.98 Å². The average Bonchev–Trinajstić information content (AvgIpc) is 3.29. The standard InChI is InChI=1S/C21H20FN3O4S2/c1-29-17-7-5-15(6-8-17)20-23-19(14-30-20)21(26)24-9-11-25(12-10-24)31(27,28)18-4-2-3-16(22)13-18/h2-8,13-14H,9-12H2,1H3. The molecular weight excluding hydrogens is 441 g/mol. The zero-order valence-corrected chi connectivity index (χ0v) is 18.3. The number of aromatic nitrogens is 1. The van der Waals surface area contributed by atoms with Crippen molar-refractivity contribution in [3.8, 4) is 16.3 Å². The zero-order valence-electron chi connectivity index (χ0n) is 16.7. The van der Waals surface area contributed by atoms with Gasteiger partial charge in [-0.25, -0.2) is 17.8 Å². The van der Waals surface area contributed by atoms with Gasteiger partial charge in [0.15, 0.2) is 0 Å². The van der Waals surface area contributed by atoms with E-state index in [0.29, 0.717) is 5.69 Å². The number of hydrogen-bond donors (Lipinski definition) is 0. The Morgan fingerprint density at radius 2 is 1.81 bits per heavy atom. The average molecular weight is 462 g/mol. The fraction of sp³-hybridized carbons (Fsp3) is 0.238. The van der Waals surface area contributed by atoms with E-state index in [1.54, 1.807) is 17.4 Å². The van der Waals surface area contributed by atoms with E-state index in [4.69, 9.17) is 4.74 Å². The summed E-state index contributed by atoms with van der Waals surface area (Å²) in [5.41, 5.74) is 1.22. The first-order valence-electron chi connectivity index (χ1n) is 9.53. The number of hydrogen-bond acceptors (Lipinski definition) is 6. The number of methoxy groups -OCH3 is 1. The second-order valence-corrected chi connectivity index (χ2v) is 9.72. The van der Waals surface area contributed by atoms with Gasteiger partial charge in [-0.3, -0.25) is 4.79 Å². The van der Waals surface area contributed by atoms with E-state index in [1.807, 2.05) is 24.3 Å². The molecule has 2 aromatic carbocycles. The smallest absolute Gasteiger partial charge is 0.273 e. The molecule has 2 heterocycles. The van der Waals surface area contributed by atoms with Crippen LogP contribution in [0.5, 0.6) is 5.75 Å². The lowest BCUT2D eigenvalue weighted by Crippen LogP contribution is -2.50. The van der Waals surface area contributed by atoms with Gasteiger partial charge in [0.25, 0.3) is 5.91 Å². The molecule has 1 amide bonds. The van der Waals surface area contributed by atoms with E-state index in [9.17, 15) is 17.6 Å². The number of carbonyl (C=O) groups is 1. The third-order valence-corrected chi connectivity index (χ3v) is 7.81. The summed E-state index contributed by atoms with van der Waals surface area (Å²) in [6.07, 6.45) is 0.